The van der Waals surface area contributed by atoms with E-state index in [1.165, 1.54) is 0 Å². The fraction of sp³-hybridized carbons (Fsp3) is 0.700. The van der Waals surface area contributed by atoms with Crippen LogP contribution in [0.2, 0.25) is 0 Å². The molecular formula is C10H18N2O. The molecule has 0 atom stereocenters. The molecule has 3 heteroatoms. The second kappa shape index (κ2) is 3.92. The molecule has 2 N–H and O–H groups in total. The minimum atomic E-state index is -0.238. The molecule has 0 spiro atoms. The first-order valence-electron chi connectivity index (χ1n) is 4.73. The van der Waals surface area contributed by atoms with E-state index in [0.29, 0.717) is 13.1 Å². The number of carbonyl (C=O) groups is 1. The highest BCUT2D eigenvalue weighted by molar-refractivity contribution is 5.83. The van der Waals surface area contributed by atoms with Crippen molar-refractivity contribution < 1.29 is 4.79 Å². The number of hydrogen-bond acceptors (Lipinski definition) is 2. The predicted molar refractivity (Wildman–Crippen MR) is 53.2 cm³/mol. The van der Waals surface area contributed by atoms with Gasteiger partial charge >= 0.3 is 0 Å². The summed E-state index contributed by atoms with van der Waals surface area (Å²) in [6, 6.07) is 0. The van der Waals surface area contributed by atoms with E-state index in [1.54, 1.807) is 18.0 Å². The molecule has 0 aromatic heterocycles. The van der Waals surface area contributed by atoms with Gasteiger partial charge in [-0.1, -0.05) is 12.5 Å². The van der Waals surface area contributed by atoms with Crippen LogP contribution in [0.5, 0.6) is 0 Å². The Bertz CT molecular complexity index is 203. The van der Waals surface area contributed by atoms with Crippen LogP contribution in [0.1, 0.15) is 19.3 Å². The van der Waals surface area contributed by atoms with Gasteiger partial charge < -0.3 is 10.6 Å². The Labute approximate surface area is 79.6 Å². The van der Waals surface area contributed by atoms with Gasteiger partial charge in [0.15, 0.2) is 0 Å². The van der Waals surface area contributed by atoms with Gasteiger partial charge in [-0.15, -0.1) is 6.58 Å². The SMILES string of the molecule is C=CCN(C)C(=O)C1(CN)CCC1. The van der Waals surface area contributed by atoms with Crippen molar-refractivity contribution in [2.24, 2.45) is 11.1 Å². The van der Waals surface area contributed by atoms with Gasteiger partial charge in [-0.25, -0.2) is 0 Å². The fourth-order valence-electron chi connectivity index (χ4n) is 1.79. The minimum absolute atomic E-state index is 0.182. The molecule has 1 rings (SSSR count). The Morgan fingerprint density at radius 2 is 2.31 bits per heavy atom. The van der Waals surface area contributed by atoms with Crippen LogP contribution in [0.25, 0.3) is 0 Å². The lowest BCUT2D eigenvalue weighted by Gasteiger charge is -2.41. The molecule has 1 fully saturated rings. The number of nitrogens with zero attached hydrogens (tertiary/aromatic N) is 1. The van der Waals surface area contributed by atoms with Crippen LogP contribution < -0.4 is 5.73 Å². The molecule has 0 heterocycles. The maximum Gasteiger partial charge on any atom is 0.230 e. The third kappa shape index (κ3) is 1.75. The molecule has 0 saturated heterocycles. The normalized spacial score (nSPS) is 18.9. The van der Waals surface area contributed by atoms with E-state index < -0.39 is 0 Å². The molecule has 1 aliphatic rings. The smallest absolute Gasteiger partial charge is 0.230 e. The Hall–Kier alpha value is -0.830. The van der Waals surface area contributed by atoms with Gasteiger partial charge in [-0.3, -0.25) is 4.79 Å². The van der Waals surface area contributed by atoms with E-state index in [-0.39, 0.29) is 11.3 Å². The third-order valence-corrected chi connectivity index (χ3v) is 2.90. The van der Waals surface area contributed by atoms with E-state index in [9.17, 15) is 4.79 Å². The average Bonchev–Trinajstić information content (AvgIpc) is 2.03. The monoisotopic (exact) mass is 182 g/mol. The molecule has 0 bridgehead atoms. The van der Waals surface area contributed by atoms with Crippen molar-refractivity contribution in [2.75, 3.05) is 20.1 Å². The van der Waals surface area contributed by atoms with Crippen molar-refractivity contribution in [1.29, 1.82) is 0 Å². The van der Waals surface area contributed by atoms with Gasteiger partial charge in [0.05, 0.1) is 5.41 Å². The first kappa shape index (κ1) is 10.3. The second-order valence-electron chi connectivity index (χ2n) is 3.81. The summed E-state index contributed by atoms with van der Waals surface area (Å²) in [6.07, 6.45) is 4.76. The molecule has 0 unspecified atom stereocenters. The van der Waals surface area contributed by atoms with E-state index in [1.807, 2.05) is 0 Å². The Kier molecular flexibility index (Phi) is 3.09. The molecule has 74 valence electrons. The molecule has 1 aliphatic carbocycles. The highest BCUT2D eigenvalue weighted by Crippen LogP contribution is 2.41. The molecule has 0 radical (unpaired) electrons. The van der Waals surface area contributed by atoms with Crippen LogP contribution in [0.15, 0.2) is 12.7 Å². The predicted octanol–water partition coefficient (Wildman–Crippen LogP) is 0.760. The van der Waals surface area contributed by atoms with Crippen molar-refractivity contribution in [3.05, 3.63) is 12.7 Å². The van der Waals surface area contributed by atoms with Gasteiger partial charge in [0.2, 0.25) is 5.91 Å². The van der Waals surface area contributed by atoms with Crippen LogP contribution in [-0.4, -0.2) is 30.9 Å². The standard InChI is InChI=1S/C10H18N2O/c1-3-7-12(2)9(13)10(8-11)5-4-6-10/h3H,1,4-8,11H2,2H3. The van der Waals surface area contributed by atoms with Gasteiger partial charge in [0.1, 0.15) is 0 Å². The van der Waals surface area contributed by atoms with E-state index in [0.717, 1.165) is 19.3 Å². The summed E-state index contributed by atoms with van der Waals surface area (Å²) < 4.78 is 0. The lowest BCUT2D eigenvalue weighted by molar-refractivity contribution is -0.144. The lowest BCUT2D eigenvalue weighted by atomic mass is 9.68. The minimum Gasteiger partial charge on any atom is -0.342 e. The number of rotatable bonds is 4. The van der Waals surface area contributed by atoms with Gasteiger partial charge in [0.25, 0.3) is 0 Å². The summed E-state index contributed by atoms with van der Waals surface area (Å²) in [5, 5.41) is 0. The number of hydrogen-bond donors (Lipinski definition) is 1. The quantitative estimate of drug-likeness (QED) is 0.652. The van der Waals surface area contributed by atoms with E-state index in [4.69, 9.17) is 5.73 Å². The zero-order valence-electron chi connectivity index (χ0n) is 8.25. The molecule has 13 heavy (non-hydrogen) atoms. The molecule has 0 aromatic rings. The highest BCUT2D eigenvalue weighted by atomic mass is 16.2. The number of carbonyl (C=O) groups excluding carboxylic acids is 1. The Morgan fingerprint density at radius 1 is 1.69 bits per heavy atom. The van der Waals surface area contributed by atoms with Crippen molar-refractivity contribution >= 4 is 5.91 Å². The fourth-order valence-corrected chi connectivity index (χ4v) is 1.79. The molecule has 1 saturated carbocycles. The van der Waals surface area contributed by atoms with Crippen molar-refractivity contribution in [1.82, 2.24) is 4.90 Å². The van der Waals surface area contributed by atoms with Gasteiger partial charge in [-0.2, -0.15) is 0 Å². The van der Waals surface area contributed by atoms with Crippen LogP contribution >= 0.6 is 0 Å². The Morgan fingerprint density at radius 3 is 2.62 bits per heavy atom. The van der Waals surface area contributed by atoms with E-state index in [2.05, 4.69) is 6.58 Å². The van der Waals surface area contributed by atoms with Gasteiger partial charge in [0, 0.05) is 20.1 Å². The zero-order valence-corrected chi connectivity index (χ0v) is 8.25. The first-order chi connectivity index (χ1) is 6.16. The van der Waals surface area contributed by atoms with Crippen molar-refractivity contribution in [3.8, 4) is 0 Å². The van der Waals surface area contributed by atoms with E-state index >= 15 is 0 Å². The summed E-state index contributed by atoms with van der Waals surface area (Å²) in [5.74, 6) is 0.182. The Balaban J connectivity index is 2.58. The number of likely N-dealkylation sites (N-methyl/N-ethyl adjacent to an activating group) is 1. The maximum atomic E-state index is 11.9. The summed E-state index contributed by atoms with van der Waals surface area (Å²) in [4.78, 5) is 13.6. The number of nitrogens with two attached hydrogens (primary N) is 1. The van der Waals surface area contributed by atoms with Gasteiger partial charge in [-0.05, 0) is 12.8 Å². The first-order valence-corrected chi connectivity index (χ1v) is 4.73. The molecule has 0 aliphatic heterocycles. The summed E-state index contributed by atoms with van der Waals surface area (Å²) in [7, 11) is 1.81. The maximum absolute atomic E-state index is 11.9. The summed E-state index contributed by atoms with van der Waals surface area (Å²) in [5.41, 5.74) is 5.39. The zero-order chi connectivity index (χ0) is 9.90. The van der Waals surface area contributed by atoms with Crippen LogP contribution in [0.3, 0.4) is 0 Å². The topological polar surface area (TPSA) is 46.3 Å². The third-order valence-electron chi connectivity index (χ3n) is 2.90. The molecule has 0 aromatic carbocycles. The molecule has 3 nitrogen and oxygen atoms in total. The number of amides is 1. The van der Waals surface area contributed by atoms with Crippen LogP contribution in [-0.2, 0) is 4.79 Å². The van der Waals surface area contributed by atoms with Crippen molar-refractivity contribution in [2.45, 2.75) is 19.3 Å². The second-order valence-corrected chi connectivity index (χ2v) is 3.81. The van der Waals surface area contributed by atoms with Crippen molar-refractivity contribution in [3.63, 3.8) is 0 Å². The van der Waals surface area contributed by atoms with Crippen LogP contribution in [0.4, 0.5) is 0 Å². The average molecular weight is 182 g/mol. The lowest BCUT2D eigenvalue weighted by Crippen LogP contribution is -2.50. The summed E-state index contributed by atoms with van der Waals surface area (Å²) in [6.45, 7) is 4.70. The highest BCUT2D eigenvalue weighted by Gasteiger charge is 2.43. The largest absolute Gasteiger partial charge is 0.342 e. The van der Waals surface area contributed by atoms with Crippen LogP contribution in [0, 0.1) is 5.41 Å². The molecule has 1 amide bonds. The summed E-state index contributed by atoms with van der Waals surface area (Å²) >= 11 is 0. The molecular weight excluding hydrogens is 164 g/mol.